The van der Waals surface area contributed by atoms with Gasteiger partial charge in [0, 0.05) is 12.6 Å². The number of nitrogens with two attached hydrogens (primary N) is 1. The van der Waals surface area contributed by atoms with Crippen molar-refractivity contribution in [2.24, 2.45) is 11.7 Å². The van der Waals surface area contributed by atoms with Crippen molar-refractivity contribution in [1.29, 1.82) is 0 Å². The average Bonchev–Trinajstić information content (AvgIpc) is 3.12. The van der Waals surface area contributed by atoms with Crippen molar-refractivity contribution in [3.63, 3.8) is 0 Å². The number of benzene rings is 1. The van der Waals surface area contributed by atoms with E-state index in [2.05, 4.69) is 48.2 Å². The van der Waals surface area contributed by atoms with Gasteiger partial charge in [-0.15, -0.1) is 0 Å². The summed E-state index contributed by atoms with van der Waals surface area (Å²) >= 11 is 0. The summed E-state index contributed by atoms with van der Waals surface area (Å²) in [6, 6.07) is 15.1. The number of likely N-dealkylation sites (tertiary alicyclic amines) is 1. The first kappa shape index (κ1) is 13.4. The van der Waals surface area contributed by atoms with Crippen molar-refractivity contribution in [2.75, 3.05) is 13.1 Å². The Labute approximate surface area is 120 Å². The fourth-order valence-electron chi connectivity index (χ4n) is 3.12. The Morgan fingerprint density at radius 2 is 2.00 bits per heavy atom. The van der Waals surface area contributed by atoms with Gasteiger partial charge in [-0.05, 0) is 43.5 Å². The van der Waals surface area contributed by atoms with Gasteiger partial charge in [0.15, 0.2) is 0 Å². The lowest BCUT2D eigenvalue weighted by atomic mass is 10.0. The van der Waals surface area contributed by atoms with Gasteiger partial charge < -0.3 is 10.2 Å². The zero-order chi connectivity index (χ0) is 13.9. The van der Waals surface area contributed by atoms with Crippen LogP contribution in [0, 0.1) is 5.92 Å². The SMILES string of the molecule is CC(N)C1CCN(C(c2ccccc2)c2ccco2)C1. The number of rotatable bonds is 4. The Hall–Kier alpha value is -1.58. The minimum absolute atomic E-state index is 0.204. The van der Waals surface area contributed by atoms with Crippen LogP contribution in [-0.4, -0.2) is 24.0 Å². The fraction of sp³-hybridized carbons (Fsp3) is 0.412. The number of nitrogens with zero attached hydrogens (tertiary/aromatic N) is 1. The van der Waals surface area contributed by atoms with E-state index in [0.29, 0.717) is 5.92 Å². The second-order valence-electron chi connectivity index (χ2n) is 5.73. The van der Waals surface area contributed by atoms with Crippen LogP contribution < -0.4 is 5.73 Å². The maximum absolute atomic E-state index is 6.07. The highest BCUT2D eigenvalue weighted by molar-refractivity contribution is 5.27. The third-order valence-electron chi connectivity index (χ3n) is 4.29. The first-order valence-electron chi connectivity index (χ1n) is 7.33. The second-order valence-corrected chi connectivity index (χ2v) is 5.73. The minimum atomic E-state index is 0.204. The van der Waals surface area contributed by atoms with E-state index in [1.54, 1.807) is 6.26 Å². The molecule has 0 aliphatic carbocycles. The van der Waals surface area contributed by atoms with E-state index in [-0.39, 0.29) is 12.1 Å². The van der Waals surface area contributed by atoms with E-state index in [1.807, 2.05) is 6.07 Å². The van der Waals surface area contributed by atoms with Crippen LogP contribution in [-0.2, 0) is 0 Å². The zero-order valence-corrected chi connectivity index (χ0v) is 11.9. The molecule has 0 radical (unpaired) electrons. The summed E-state index contributed by atoms with van der Waals surface area (Å²) in [7, 11) is 0. The molecule has 1 aliphatic rings. The topological polar surface area (TPSA) is 42.4 Å². The smallest absolute Gasteiger partial charge is 0.125 e. The van der Waals surface area contributed by atoms with Crippen LogP contribution in [0.25, 0.3) is 0 Å². The predicted molar refractivity (Wildman–Crippen MR) is 80.3 cm³/mol. The molecule has 0 saturated carbocycles. The van der Waals surface area contributed by atoms with E-state index in [1.165, 1.54) is 12.0 Å². The van der Waals surface area contributed by atoms with E-state index >= 15 is 0 Å². The van der Waals surface area contributed by atoms with E-state index in [9.17, 15) is 0 Å². The molecule has 3 nitrogen and oxygen atoms in total. The second kappa shape index (κ2) is 5.81. The molecular weight excluding hydrogens is 248 g/mol. The molecule has 2 aromatic rings. The molecule has 106 valence electrons. The van der Waals surface area contributed by atoms with Crippen LogP contribution >= 0.6 is 0 Å². The van der Waals surface area contributed by atoms with Gasteiger partial charge in [-0.1, -0.05) is 30.3 Å². The van der Waals surface area contributed by atoms with Gasteiger partial charge in [0.05, 0.1) is 12.3 Å². The van der Waals surface area contributed by atoms with Crippen LogP contribution in [0.3, 0.4) is 0 Å². The predicted octanol–water partition coefficient (Wildman–Crippen LogP) is 3.04. The summed E-state index contributed by atoms with van der Waals surface area (Å²) in [6.07, 6.45) is 2.92. The maximum atomic E-state index is 6.07. The van der Waals surface area contributed by atoms with E-state index in [0.717, 1.165) is 18.8 Å². The molecular formula is C17H22N2O. The van der Waals surface area contributed by atoms with Gasteiger partial charge in [0.1, 0.15) is 5.76 Å². The van der Waals surface area contributed by atoms with Gasteiger partial charge >= 0.3 is 0 Å². The third kappa shape index (κ3) is 2.65. The summed E-state index contributed by atoms with van der Waals surface area (Å²) in [5, 5.41) is 0. The number of hydrogen-bond donors (Lipinski definition) is 1. The van der Waals surface area contributed by atoms with Gasteiger partial charge in [-0.25, -0.2) is 0 Å². The largest absolute Gasteiger partial charge is 0.467 e. The molecule has 1 aromatic heterocycles. The summed E-state index contributed by atoms with van der Waals surface area (Å²) in [6.45, 7) is 4.23. The number of furan rings is 1. The average molecular weight is 270 g/mol. The molecule has 1 fully saturated rings. The highest BCUT2D eigenvalue weighted by Gasteiger charge is 2.32. The molecule has 2 N–H and O–H groups in total. The Balaban J connectivity index is 1.88. The molecule has 3 heteroatoms. The highest BCUT2D eigenvalue weighted by atomic mass is 16.3. The molecule has 2 heterocycles. The van der Waals surface area contributed by atoms with Crippen LogP contribution in [0.1, 0.15) is 30.7 Å². The van der Waals surface area contributed by atoms with Gasteiger partial charge in [-0.2, -0.15) is 0 Å². The maximum Gasteiger partial charge on any atom is 0.125 e. The lowest BCUT2D eigenvalue weighted by Crippen LogP contribution is -2.32. The first-order chi connectivity index (χ1) is 9.75. The summed E-state index contributed by atoms with van der Waals surface area (Å²) in [4.78, 5) is 2.49. The van der Waals surface area contributed by atoms with Crippen molar-refractivity contribution >= 4 is 0 Å². The summed E-state index contributed by atoms with van der Waals surface area (Å²) in [5.41, 5.74) is 7.35. The van der Waals surface area contributed by atoms with Crippen molar-refractivity contribution in [2.45, 2.75) is 25.4 Å². The van der Waals surface area contributed by atoms with Crippen LogP contribution in [0.15, 0.2) is 53.1 Å². The Morgan fingerprint density at radius 3 is 2.60 bits per heavy atom. The van der Waals surface area contributed by atoms with E-state index < -0.39 is 0 Å². The van der Waals surface area contributed by atoms with Gasteiger partial charge in [0.25, 0.3) is 0 Å². The van der Waals surface area contributed by atoms with Crippen LogP contribution in [0.2, 0.25) is 0 Å². The quantitative estimate of drug-likeness (QED) is 0.928. The Morgan fingerprint density at radius 1 is 1.20 bits per heavy atom. The van der Waals surface area contributed by atoms with Crippen LogP contribution in [0.4, 0.5) is 0 Å². The molecule has 0 bridgehead atoms. The van der Waals surface area contributed by atoms with Gasteiger partial charge in [0.2, 0.25) is 0 Å². The molecule has 1 saturated heterocycles. The van der Waals surface area contributed by atoms with Gasteiger partial charge in [-0.3, -0.25) is 4.90 Å². The fourth-order valence-corrected chi connectivity index (χ4v) is 3.12. The first-order valence-corrected chi connectivity index (χ1v) is 7.33. The normalized spacial score (nSPS) is 22.8. The van der Waals surface area contributed by atoms with Crippen molar-refractivity contribution < 1.29 is 4.42 Å². The molecule has 3 atom stereocenters. The Bertz CT molecular complexity index is 521. The third-order valence-corrected chi connectivity index (χ3v) is 4.29. The van der Waals surface area contributed by atoms with Crippen molar-refractivity contribution in [3.05, 3.63) is 60.1 Å². The lowest BCUT2D eigenvalue weighted by molar-refractivity contribution is 0.236. The van der Waals surface area contributed by atoms with E-state index in [4.69, 9.17) is 10.2 Å². The monoisotopic (exact) mass is 270 g/mol. The molecule has 1 aliphatic heterocycles. The molecule has 0 spiro atoms. The molecule has 20 heavy (non-hydrogen) atoms. The lowest BCUT2D eigenvalue weighted by Gasteiger charge is -2.27. The number of hydrogen-bond acceptors (Lipinski definition) is 3. The molecule has 3 rings (SSSR count). The van der Waals surface area contributed by atoms with Crippen molar-refractivity contribution in [3.8, 4) is 0 Å². The summed E-state index contributed by atoms with van der Waals surface area (Å²) < 4.78 is 5.69. The highest BCUT2D eigenvalue weighted by Crippen LogP contribution is 2.33. The molecule has 1 aromatic carbocycles. The zero-order valence-electron chi connectivity index (χ0n) is 11.9. The minimum Gasteiger partial charge on any atom is -0.467 e. The molecule has 0 amide bonds. The Kier molecular flexibility index (Phi) is 3.90. The molecule has 3 unspecified atom stereocenters. The van der Waals surface area contributed by atoms with Crippen molar-refractivity contribution in [1.82, 2.24) is 4.90 Å². The van der Waals surface area contributed by atoms with Crippen LogP contribution in [0.5, 0.6) is 0 Å². The summed E-state index contributed by atoms with van der Waals surface area (Å²) in [5.74, 6) is 1.60. The standard InChI is InChI=1S/C17H22N2O/c1-13(18)15-9-10-19(12-15)17(16-8-5-11-20-16)14-6-3-2-4-7-14/h2-8,11,13,15,17H,9-10,12,18H2,1H3.